The van der Waals surface area contributed by atoms with Crippen LogP contribution in [0, 0.1) is 5.92 Å². The highest BCUT2D eigenvalue weighted by Crippen LogP contribution is 2.34. The van der Waals surface area contributed by atoms with Gasteiger partial charge in [0.2, 0.25) is 0 Å². The van der Waals surface area contributed by atoms with Gasteiger partial charge in [-0.15, -0.1) is 0 Å². The number of nitrogens with zero attached hydrogens (tertiary/aromatic N) is 4. The third-order valence-corrected chi connectivity index (χ3v) is 3.81. The smallest absolute Gasteiger partial charge is 0.308 e. The molecule has 0 spiro atoms. The fourth-order valence-corrected chi connectivity index (χ4v) is 2.53. The number of imidazole rings is 1. The first kappa shape index (κ1) is 15.2. The monoisotopic (exact) mass is 338 g/mol. The number of carbonyl (C=O) groups is 1. The van der Waals surface area contributed by atoms with E-state index in [1.165, 1.54) is 17.2 Å². The molecule has 0 aromatic carbocycles. The standard InChI is InChI=1S/C14H19N5O5/c1-6(2)14(22)24-10-9(21)7(3-20)23-13(10)19-5-18-8-11(15)16-4-17-12(8)19/h4-7,9-10,13,20-21H,3H2,1-2H3,(H2,15,16,17)/t7-,9-,10+,13?/m1/s1/i1D/t6?,7-,9-,10+,13?. The van der Waals surface area contributed by atoms with E-state index in [0.29, 0.717) is 11.2 Å². The molecule has 0 saturated carbocycles. The van der Waals surface area contributed by atoms with Crippen molar-refractivity contribution in [1.29, 1.82) is 0 Å². The summed E-state index contributed by atoms with van der Waals surface area (Å²) in [4.78, 5) is 24.1. The summed E-state index contributed by atoms with van der Waals surface area (Å²) in [7, 11) is 0. The molecule has 3 heterocycles. The van der Waals surface area contributed by atoms with Crippen LogP contribution < -0.4 is 5.73 Å². The Hall–Kier alpha value is -2.30. The molecular formula is C14H19N5O5. The Bertz CT molecular complexity index is 771. The summed E-state index contributed by atoms with van der Waals surface area (Å²) in [5.74, 6) is -1.11. The molecule has 10 nitrogen and oxygen atoms in total. The van der Waals surface area contributed by atoms with Crippen molar-refractivity contribution >= 4 is 23.0 Å². The molecule has 130 valence electrons. The first-order valence-corrected chi connectivity index (χ1v) is 7.35. The molecule has 0 amide bonds. The molecule has 4 N–H and O–H groups in total. The number of hydrogen-bond acceptors (Lipinski definition) is 9. The van der Waals surface area contributed by atoms with Gasteiger partial charge in [0.15, 0.2) is 23.8 Å². The fraction of sp³-hybridized carbons (Fsp3) is 0.571. The zero-order chi connectivity index (χ0) is 18.1. The molecule has 1 aliphatic rings. The highest BCUT2D eigenvalue weighted by atomic mass is 16.6. The number of aliphatic hydroxyl groups excluding tert-OH is 2. The highest BCUT2D eigenvalue weighted by Gasteiger charge is 2.47. The molecule has 2 aromatic rings. The summed E-state index contributed by atoms with van der Waals surface area (Å²) < 4.78 is 19.7. The number of esters is 1. The number of fused-ring (bicyclic) bond motifs is 1. The predicted molar refractivity (Wildman–Crippen MR) is 81.5 cm³/mol. The number of anilines is 1. The zero-order valence-corrected chi connectivity index (χ0v) is 12.9. The van der Waals surface area contributed by atoms with E-state index in [4.69, 9.17) is 16.6 Å². The average molecular weight is 338 g/mol. The third-order valence-electron chi connectivity index (χ3n) is 3.81. The summed E-state index contributed by atoms with van der Waals surface area (Å²) in [6, 6.07) is 0. The van der Waals surface area contributed by atoms with E-state index in [1.54, 1.807) is 6.92 Å². The molecule has 3 rings (SSSR count). The predicted octanol–water partition coefficient (Wildman–Crippen LogP) is -0.773. The van der Waals surface area contributed by atoms with Crippen LogP contribution in [0.1, 0.15) is 21.4 Å². The number of rotatable bonds is 4. The van der Waals surface area contributed by atoms with E-state index in [-0.39, 0.29) is 12.7 Å². The minimum Gasteiger partial charge on any atom is -0.454 e. The molecule has 1 saturated heterocycles. The van der Waals surface area contributed by atoms with Gasteiger partial charge in [-0.25, -0.2) is 15.0 Å². The second-order valence-corrected chi connectivity index (χ2v) is 5.62. The second-order valence-electron chi connectivity index (χ2n) is 5.62. The van der Waals surface area contributed by atoms with Crippen molar-refractivity contribution in [3.8, 4) is 0 Å². The molecule has 0 aliphatic carbocycles. The first-order chi connectivity index (χ1) is 12.0. The second kappa shape index (κ2) is 6.30. The number of hydrogen-bond donors (Lipinski definition) is 3. The van der Waals surface area contributed by atoms with E-state index in [9.17, 15) is 15.0 Å². The summed E-state index contributed by atoms with van der Waals surface area (Å²) in [6.45, 7) is 0.953. The fourth-order valence-electron chi connectivity index (χ4n) is 2.53. The van der Waals surface area contributed by atoms with Crippen molar-refractivity contribution in [2.45, 2.75) is 38.4 Å². The van der Waals surface area contributed by atoms with Crippen molar-refractivity contribution < 1.29 is 25.9 Å². The van der Waals surface area contributed by atoms with E-state index in [0.717, 1.165) is 0 Å². The van der Waals surface area contributed by atoms with E-state index in [1.807, 2.05) is 0 Å². The van der Waals surface area contributed by atoms with Gasteiger partial charge < -0.3 is 25.4 Å². The Morgan fingerprint density at radius 3 is 3.08 bits per heavy atom. The zero-order valence-electron chi connectivity index (χ0n) is 13.9. The molecule has 5 atom stereocenters. The average Bonchev–Trinajstić information content (AvgIpc) is 3.17. The van der Waals surface area contributed by atoms with Gasteiger partial charge in [0, 0.05) is 1.37 Å². The lowest BCUT2D eigenvalue weighted by Gasteiger charge is -2.22. The summed E-state index contributed by atoms with van der Waals surface area (Å²) in [5, 5.41) is 19.7. The first-order valence-electron chi connectivity index (χ1n) is 8.05. The molecule has 24 heavy (non-hydrogen) atoms. The summed E-state index contributed by atoms with van der Waals surface area (Å²) in [6.07, 6.45) is -1.57. The molecule has 1 fully saturated rings. The topological polar surface area (TPSA) is 146 Å². The van der Waals surface area contributed by atoms with Crippen molar-refractivity contribution in [3.05, 3.63) is 12.7 Å². The lowest BCUT2D eigenvalue weighted by atomic mass is 10.1. The Kier molecular flexibility index (Phi) is 4.00. The van der Waals surface area contributed by atoms with Gasteiger partial charge in [0.1, 0.15) is 24.1 Å². The van der Waals surface area contributed by atoms with Crippen LogP contribution in [0.2, 0.25) is 0 Å². The van der Waals surface area contributed by atoms with Crippen LogP contribution in [0.15, 0.2) is 12.7 Å². The molecule has 2 unspecified atom stereocenters. The van der Waals surface area contributed by atoms with Crippen LogP contribution in [0.3, 0.4) is 0 Å². The Balaban J connectivity index is 1.96. The SMILES string of the molecule is [2H]CC(C)C(=O)O[C@@H]1C(n2cnc3c(N)ncnc32)O[C@H](CO)[C@H]1O. The van der Waals surface area contributed by atoms with Crippen molar-refractivity contribution in [2.75, 3.05) is 12.3 Å². The van der Waals surface area contributed by atoms with Crippen molar-refractivity contribution in [2.24, 2.45) is 5.92 Å². The number of aliphatic hydroxyl groups is 2. The van der Waals surface area contributed by atoms with Gasteiger partial charge in [-0.2, -0.15) is 0 Å². The normalized spacial score (nSPS) is 28.7. The highest BCUT2D eigenvalue weighted by molar-refractivity contribution is 5.81. The summed E-state index contributed by atoms with van der Waals surface area (Å²) >= 11 is 0. The molecule has 10 heteroatoms. The van der Waals surface area contributed by atoms with Crippen LogP contribution in [0.4, 0.5) is 5.82 Å². The number of nitrogens with two attached hydrogens (primary N) is 1. The largest absolute Gasteiger partial charge is 0.454 e. The van der Waals surface area contributed by atoms with Gasteiger partial charge in [-0.1, -0.05) is 13.8 Å². The minimum absolute atomic E-state index is 0.144. The molecule has 0 bridgehead atoms. The van der Waals surface area contributed by atoms with Gasteiger partial charge in [-0.05, 0) is 0 Å². The molecule has 1 aliphatic heterocycles. The van der Waals surface area contributed by atoms with E-state index >= 15 is 0 Å². The lowest BCUT2D eigenvalue weighted by molar-refractivity contribution is -0.162. The Morgan fingerprint density at radius 2 is 2.38 bits per heavy atom. The Morgan fingerprint density at radius 1 is 1.58 bits per heavy atom. The van der Waals surface area contributed by atoms with Crippen LogP contribution >= 0.6 is 0 Å². The molecule has 0 radical (unpaired) electrons. The molecule has 2 aromatic heterocycles. The van der Waals surface area contributed by atoms with Crippen molar-refractivity contribution in [1.82, 2.24) is 19.5 Å². The van der Waals surface area contributed by atoms with Crippen LogP contribution in [0.25, 0.3) is 11.2 Å². The van der Waals surface area contributed by atoms with Crippen LogP contribution in [0.5, 0.6) is 0 Å². The Labute approximate surface area is 138 Å². The van der Waals surface area contributed by atoms with Crippen LogP contribution in [-0.4, -0.2) is 60.6 Å². The minimum atomic E-state index is -1.24. The number of ether oxygens (including phenoxy) is 2. The van der Waals surface area contributed by atoms with Crippen LogP contribution in [-0.2, 0) is 14.3 Å². The van der Waals surface area contributed by atoms with Gasteiger partial charge in [0.05, 0.1) is 18.9 Å². The van der Waals surface area contributed by atoms with Gasteiger partial charge in [-0.3, -0.25) is 9.36 Å². The lowest BCUT2D eigenvalue weighted by Crippen LogP contribution is -2.37. The quantitative estimate of drug-likeness (QED) is 0.611. The van der Waals surface area contributed by atoms with Gasteiger partial charge in [0.25, 0.3) is 0 Å². The maximum Gasteiger partial charge on any atom is 0.308 e. The maximum atomic E-state index is 12.1. The maximum absolute atomic E-state index is 12.1. The van der Waals surface area contributed by atoms with E-state index < -0.39 is 43.0 Å². The summed E-state index contributed by atoms with van der Waals surface area (Å²) in [5.41, 5.74) is 6.45. The van der Waals surface area contributed by atoms with E-state index in [2.05, 4.69) is 15.0 Å². The molecular weight excluding hydrogens is 318 g/mol. The third kappa shape index (κ3) is 2.68. The number of nitrogen functional groups attached to an aromatic ring is 1. The number of aromatic nitrogens is 4. The number of carbonyl (C=O) groups excluding carboxylic acids is 1. The van der Waals surface area contributed by atoms with Crippen molar-refractivity contribution in [3.63, 3.8) is 0 Å². The van der Waals surface area contributed by atoms with Gasteiger partial charge >= 0.3 is 5.97 Å².